The summed E-state index contributed by atoms with van der Waals surface area (Å²) in [5.74, 6) is 0. The van der Waals surface area contributed by atoms with Crippen molar-refractivity contribution in [3.8, 4) is 55.6 Å². The number of rotatable bonds is 9. The molecule has 1 aliphatic rings. The summed E-state index contributed by atoms with van der Waals surface area (Å²) in [6.45, 7) is 0. The molecule has 0 radical (unpaired) electrons. The Balaban J connectivity index is 1.05. The molecule has 1 aliphatic carbocycles. The van der Waals surface area contributed by atoms with Gasteiger partial charge in [0.2, 0.25) is 0 Å². The highest BCUT2D eigenvalue weighted by molar-refractivity contribution is 5.98. The second-order valence-electron chi connectivity index (χ2n) is 16.9. The van der Waals surface area contributed by atoms with Crippen molar-refractivity contribution in [1.82, 2.24) is 0 Å². The van der Waals surface area contributed by atoms with Gasteiger partial charge in [-0.2, -0.15) is 0 Å². The summed E-state index contributed by atoms with van der Waals surface area (Å²) in [5, 5.41) is 2.40. The molecule has 0 spiro atoms. The molecule has 1 heteroatoms. The van der Waals surface area contributed by atoms with E-state index in [0.29, 0.717) is 11.3 Å². The van der Waals surface area contributed by atoms with Crippen molar-refractivity contribution in [3.63, 3.8) is 0 Å². The van der Waals surface area contributed by atoms with Crippen molar-refractivity contribution in [2.75, 3.05) is 4.90 Å². The maximum Gasteiger partial charge on any atom is 0.0714 e. The first kappa shape index (κ1) is 34.9. The molecule has 0 N–H and O–H groups in total. The van der Waals surface area contributed by atoms with E-state index >= 15 is 0 Å². The molecule has 12 rings (SSSR count). The first-order chi connectivity index (χ1) is 34.4. The van der Waals surface area contributed by atoms with Gasteiger partial charge in [-0.25, -0.2) is 0 Å². The number of anilines is 3. The third kappa shape index (κ3) is 6.73. The van der Waals surface area contributed by atoms with Gasteiger partial charge in [0.1, 0.15) is 0 Å². The zero-order valence-corrected chi connectivity index (χ0v) is 36.1. The first-order valence-corrected chi connectivity index (χ1v) is 22.5. The summed E-state index contributed by atoms with van der Waals surface area (Å²) in [5.41, 5.74) is 14.7. The van der Waals surface area contributed by atoms with Gasteiger partial charge in [0.15, 0.2) is 0 Å². The number of benzene rings is 11. The van der Waals surface area contributed by atoms with Crippen LogP contribution in [0.25, 0.3) is 66.4 Å². The van der Waals surface area contributed by atoms with E-state index in [1.54, 1.807) is 0 Å². The summed E-state index contributed by atoms with van der Waals surface area (Å²) in [7, 11) is 0. The predicted octanol–water partition coefficient (Wildman–Crippen LogP) is 17.3. The van der Waals surface area contributed by atoms with Crippen LogP contribution in [0.4, 0.5) is 17.1 Å². The van der Waals surface area contributed by atoms with E-state index in [9.17, 15) is 5.48 Å². The number of hydrogen-bond acceptors (Lipinski definition) is 1. The van der Waals surface area contributed by atoms with E-state index in [4.69, 9.17) is 0 Å². The van der Waals surface area contributed by atoms with Crippen LogP contribution in [0.3, 0.4) is 0 Å². The average Bonchev–Trinajstić information content (AvgIpc) is 3.74. The number of fused-ring (bicyclic) bond motifs is 4. The Kier molecular flexibility index (Phi) is 8.75. The lowest BCUT2D eigenvalue weighted by Crippen LogP contribution is -2.28. The highest BCUT2D eigenvalue weighted by Gasteiger charge is 2.47. The van der Waals surface area contributed by atoms with Crippen molar-refractivity contribution < 1.29 is 5.48 Å². The average molecular weight is 844 g/mol. The molecule has 0 atom stereocenters. The third-order valence-electron chi connectivity index (χ3n) is 13.2. The van der Waals surface area contributed by atoms with Gasteiger partial charge in [-0.05, 0) is 126 Å². The van der Waals surface area contributed by atoms with E-state index in [1.807, 2.05) is 71.6 Å². The summed E-state index contributed by atoms with van der Waals surface area (Å²) < 4.78 is 39.2. The fraction of sp³-hybridized carbons (Fsp3) is 0.0154. The van der Waals surface area contributed by atoms with E-state index in [-0.39, 0.29) is 35.4 Å². The van der Waals surface area contributed by atoms with Gasteiger partial charge < -0.3 is 4.90 Å². The minimum Gasteiger partial charge on any atom is -0.310 e. The van der Waals surface area contributed by atoms with Crippen LogP contribution in [0.15, 0.2) is 273 Å². The minimum absolute atomic E-state index is 0.105. The van der Waals surface area contributed by atoms with Crippen molar-refractivity contribution >= 4 is 27.8 Å². The second-order valence-corrected chi connectivity index (χ2v) is 16.9. The number of nitrogens with zero attached hydrogens (tertiary/aromatic N) is 1. The molecule has 0 unspecified atom stereocenters. The molecule has 310 valence electrons. The molecule has 0 saturated carbocycles. The Labute approximate surface area is 392 Å². The molecular formula is C65H45N. The predicted molar refractivity (Wildman–Crippen MR) is 278 cm³/mol. The first-order valence-electron chi connectivity index (χ1n) is 24.5. The minimum atomic E-state index is -0.694. The molecule has 0 aliphatic heterocycles. The lowest BCUT2D eigenvalue weighted by atomic mass is 9.68. The van der Waals surface area contributed by atoms with E-state index < -0.39 is 5.41 Å². The van der Waals surface area contributed by atoms with Gasteiger partial charge in [0, 0.05) is 16.9 Å². The fourth-order valence-electron chi connectivity index (χ4n) is 10.1. The van der Waals surface area contributed by atoms with Crippen LogP contribution in [-0.2, 0) is 5.41 Å². The Morgan fingerprint density at radius 2 is 0.773 bits per heavy atom. The molecule has 0 bridgehead atoms. The standard InChI is InChI=1S/C65H45N/c1-4-16-46(17-5-1)48-30-32-49(33-31-48)50-36-40-58(41-37-50)66(59-42-38-51(39-43-59)53-20-14-21-54(44-53)55-35-34-47-18-10-11-19-52(47)45-55)63-29-15-28-62-64(63)60-26-12-13-27-61(60)65(62,56-22-6-2-7-23-56)57-24-8-3-9-25-57/h1-45H/i36D,37D,40D,41D. The van der Waals surface area contributed by atoms with Gasteiger partial charge >= 0.3 is 0 Å². The Hall–Kier alpha value is -8.52. The smallest absolute Gasteiger partial charge is 0.0714 e. The third-order valence-corrected chi connectivity index (χ3v) is 13.2. The molecule has 1 nitrogen and oxygen atoms in total. The van der Waals surface area contributed by atoms with Gasteiger partial charge in [0.05, 0.1) is 16.6 Å². The van der Waals surface area contributed by atoms with E-state index in [2.05, 4.69) is 182 Å². The van der Waals surface area contributed by atoms with E-state index in [0.717, 1.165) is 72.4 Å². The Bertz CT molecular complexity index is 3670. The Morgan fingerprint density at radius 1 is 0.303 bits per heavy atom. The maximum atomic E-state index is 9.92. The number of hydrogen-bond donors (Lipinski definition) is 0. The monoisotopic (exact) mass is 843 g/mol. The van der Waals surface area contributed by atoms with Gasteiger partial charge in [-0.1, -0.05) is 230 Å². The van der Waals surface area contributed by atoms with Gasteiger partial charge in [-0.3, -0.25) is 0 Å². The zero-order chi connectivity index (χ0) is 47.3. The van der Waals surface area contributed by atoms with Crippen LogP contribution in [0.1, 0.15) is 27.7 Å². The molecule has 0 fully saturated rings. The topological polar surface area (TPSA) is 3.24 Å². The van der Waals surface area contributed by atoms with Gasteiger partial charge in [0.25, 0.3) is 0 Å². The molecule has 66 heavy (non-hydrogen) atoms. The molecule has 0 heterocycles. The van der Waals surface area contributed by atoms with Crippen LogP contribution in [0.5, 0.6) is 0 Å². The van der Waals surface area contributed by atoms with E-state index in [1.165, 1.54) is 10.8 Å². The largest absolute Gasteiger partial charge is 0.310 e. The quantitative estimate of drug-likeness (QED) is 0.140. The summed E-state index contributed by atoms with van der Waals surface area (Å²) in [6, 6.07) is 85.4. The second kappa shape index (κ2) is 16.6. The zero-order valence-electron chi connectivity index (χ0n) is 40.1. The normalized spacial score (nSPS) is 13.2. The molecular weight excluding hydrogens is 795 g/mol. The molecule has 0 saturated heterocycles. The van der Waals surface area contributed by atoms with Crippen LogP contribution < -0.4 is 4.90 Å². The highest BCUT2D eigenvalue weighted by Crippen LogP contribution is 2.59. The lowest BCUT2D eigenvalue weighted by molar-refractivity contribution is 0.768. The summed E-state index contributed by atoms with van der Waals surface area (Å²) >= 11 is 0. The SMILES string of the molecule is [2H]c1c([2H])c(N(c2ccc(-c3cccc(-c4ccc5ccccc5c4)c3)cc2)c2cccc3c2-c2ccccc2C3(c2ccccc2)c2ccccc2)c([2H])c([2H])c1-c1ccc(-c2ccccc2)cc1. The molecule has 0 amide bonds. The van der Waals surface area contributed by atoms with Crippen LogP contribution in [0.2, 0.25) is 0 Å². The summed E-state index contributed by atoms with van der Waals surface area (Å²) in [6.07, 6.45) is 0. The maximum absolute atomic E-state index is 9.92. The summed E-state index contributed by atoms with van der Waals surface area (Å²) in [4.78, 5) is 1.96. The van der Waals surface area contributed by atoms with Crippen molar-refractivity contribution in [2.45, 2.75) is 5.41 Å². The molecule has 11 aromatic carbocycles. The highest BCUT2D eigenvalue weighted by atomic mass is 15.1. The van der Waals surface area contributed by atoms with Crippen molar-refractivity contribution in [3.05, 3.63) is 295 Å². The van der Waals surface area contributed by atoms with Crippen LogP contribution in [-0.4, -0.2) is 0 Å². The lowest BCUT2D eigenvalue weighted by Gasteiger charge is -2.34. The fourth-order valence-corrected chi connectivity index (χ4v) is 10.1. The van der Waals surface area contributed by atoms with Crippen LogP contribution >= 0.6 is 0 Å². The van der Waals surface area contributed by atoms with Crippen LogP contribution in [0, 0.1) is 0 Å². The van der Waals surface area contributed by atoms with Gasteiger partial charge in [-0.15, -0.1) is 0 Å². The van der Waals surface area contributed by atoms with Crippen molar-refractivity contribution in [1.29, 1.82) is 0 Å². The van der Waals surface area contributed by atoms with Crippen molar-refractivity contribution in [2.24, 2.45) is 0 Å². The molecule has 0 aromatic heterocycles. The Morgan fingerprint density at radius 3 is 1.47 bits per heavy atom. The molecule has 11 aromatic rings.